The molecule has 0 saturated heterocycles. The first-order valence-electron chi connectivity index (χ1n) is 6.26. The van der Waals surface area contributed by atoms with Gasteiger partial charge >= 0.3 is 12.1 Å². The SMILES string of the molecule is O=C(O)C1CCc2sc(-c3cccc(C(F)(F)F)c3)nc21. The van der Waals surface area contributed by atoms with Gasteiger partial charge in [0.15, 0.2) is 0 Å². The Labute approximate surface area is 122 Å². The number of aromatic nitrogens is 1. The lowest BCUT2D eigenvalue weighted by Gasteiger charge is -2.07. The highest BCUT2D eigenvalue weighted by molar-refractivity contribution is 7.15. The predicted octanol–water partition coefficient (Wildman–Crippen LogP) is 3.94. The van der Waals surface area contributed by atoms with Crippen molar-refractivity contribution in [3.05, 3.63) is 40.4 Å². The normalized spacial score (nSPS) is 17.8. The van der Waals surface area contributed by atoms with E-state index in [1.165, 1.54) is 17.4 Å². The molecule has 1 heterocycles. The molecule has 0 bridgehead atoms. The van der Waals surface area contributed by atoms with Crippen LogP contribution in [0.25, 0.3) is 10.6 Å². The molecule has 0 saturated carbocycles. The summed E-state index contributed by atoms with van der Waals surface area (Å²) in [7, 11) is 0. The highest BCUT2D eigenvalue weighted by Gasteiger charge is 2.33. The molecule has 1 unspecified atom stereocenters. The van der Waals surface area contributed by atoms with Gasteiger partial charge in [-0.25, -0.2) is 4.98 Å². The number of nitrogens with zero attached hydrogens (tertiary/aromatic N) is 1. The summed E-state index contributed by atoms with van der Waals surface area (Å²) in [5.74, 6) is -1.58. The number of thiazole rings is 1. The van der Waals surface area contributed by atoms with Gasteiger partial charge in [-0.3, -0.25) is 4.79 Å². The highest BCUT2D eigenvalue weighted by atomic mass is 32.1. The van der Waals surface area contributed by atoms with E-state index in [9.17, 15) is 18.0 Å². The van der Waals surface area contributed by atoms with E-state index in [0.717, 1.165) is 17.0 Å². The molecule has 1 N–H and O–H groups in total. The first-order chi connectivity index (χ1) is 9.86. The Balaban J connectivity index is 2.00. The van der Waals surface area contributed by atoms with Gasteiger partial charge in [-0.1, -0.05) is 12.1 Å². The number of benzene rings is 1. The Morgan fingerprint density at radius 1 is 1.38 bits per heavy atom. The van der Waals surface area contributed by atoms with E-state index < -0.39 is 23.6 Å². The van der Waals surface area contributed by atoms with E-state index in [1.807, 2.05) is 0 Å². The number of rotatable bonds is 2. The van der Waals surface area contributed by atoms with Crippen LogP contribution in [0.1, 0.15) is 28.5 Å². The van der Waals surface area contributed by atoms with Crippen LogP contribution in [0.2, 0.25) is 0 Å². The lowest BCUT2D eigenvalue weighted by atomic mass is 10.1. The molecule has 1 aliphatic rings. The fraction of sp³-hybridized carbons (Fsp3) is 0.286. The van der Waals surface area contributed by atoms with E-state index in [0.29, 0.717) is 29.1 Å². The van der Waals surface area contributed by atoms with Gasteiger partial charge in [0.2, 0.25) is 0 Å². The van der Waals surface area contributed by atoms with Gasteiger partial charge in [0.1, 0.15) is 10.9 Å². The number of carboxylic acid groups (broad SMARTS) is 1. The maximum Gasteiger partial charge on any atom is 0.416 e. The van der Waals surface area contributed by atoms with Crippen molar-refractivity contribution in [3.63, 3.8) is 0 Å². The number of aliphatic carboxylic acids is 1. The van der Waals surface area contributed by atoms with Crippen LogP contribution < -0.4 is 0 Å². The molecule has 1 aromatic heterocycles. The topological polar surface area (TPSA) is 50.2 Å². The van der Waals surface area contributed by atoms with Crippen LogP contribution in [0.3, 0.4) is 0 Å². The first-order valence-corrected chi connectivity index (χ1v) is 7.08. The van der Waals surface area contributed by atoms with Crippen LogP contribution >= 0.6 is 11.3 Å². The van der Waals surface area contributed by atoms with Crippen molar-refractivity contribution < 1.29 is 23.1 Å². The van der Waals surface area contributed by atoms with Crippen molar-refractivity contribution in [1.82, 2.24) is 4.98 Å². The third-order valence-electron chi connectivity index (χ3n) is 3.45. The van der Waals surface area contributed by atoms with Crippen molar-refractivity contribution in [2.45, 2.75) is 24.9 Å². The number of hydrogen-bond acceptors (Lipinski definition) is 3. The Hall–Kier alpha value is -1.89. The number of carbonyl (C=O) groups is 1. The molecule has 0 spiro atoms. The Bertz CT molecular complexity index is 708. The second kappa shape index (κ2) is 4.84. The number of carboxylic acids is 1. The van der Waals surface area contributed by atoms with E-state index in [-0.39, 0.29) is 0 Å². The lowest BCUT2D eigenvalue weighted by molar-refractivity contribution is -0.139. The quantitative estimate of drug-likeness (QED) is 0.913. The summed E-state index contributed by atoms with van der Waals surface area (Å²) in [6.45, 7) is 0. The molecule has 0 aliphatic heterocycles. The molecule has 1 atom stereocenters. The minimum Gasteiger partial charge on any atom is -0.481 e. The van der Waals surface area contributed by atoms with E-state index >= 15 is 0 Å². The summed E-state index contributed by atoms with van der Waals surface area (Å²) in [5.41, 5.74) is 0.137. The maximum absolute atomic E-state index is 12.7. The van der Waals surface area contributed by atoms with E-state index in [4.69, 9.17) is 5.11 Å². The van der Waals surface area contributed by atoms with Gasteiger partial charge < -0.3 is 5.11 Å². The standard InChI is InChI=1S/C14H10F3NO2S/c15-14(16,17)8-3-1-2-7(6-8)12-18-11-9(13(19)20)4-5-10(11)21-12/h1-3,6,9H,4-5H2,(H,19,20). The van der Waals surface area contributed by atoms with Gasteiger partial charge in [0.25, 0.3) is 0 Å². The van der Waals surface area contributed by atoms with Gasteiger partial charge in [-0.15, -0.1) is 11.3 Å². The highest BCUT2D eigenvalue weighted by Crippen LogP contribution is 2.40. The second-order valence-electron chi connectivity index (χ2n) is 4.84. The predicted molar refractivity (Wildman–Crippen MR) is 71.2 cm³/mol. The monoisotopic (exact) mass is 313 g/mol. The number of alkyl halides is 3. The minimum atomic E-state index is -4.40. The van der Waals surface area contributed by atoms with Crippen molar-refractivity contribution in [2.75, 3.05) is 0 Å². The van der Waals surface area contributed by atoms with Gasteiger partial charge in [-0.05, 0) is 25.0 Å². The summed E-state index contributed by atoms with van der Waals surface area (Å²) in [6, 6.07) is 4.94. The van der Waals surface area contributed by atoms with Crippen LogP contribution in [0, 0.1) is 0 Å². The zero-order valence-electron chi connectivity index (χ0n) is 10.6. The minimum absolute atomic E-state index is 0.369. The van der Waals surface area contributed by atoms with Crippen molar-refractivity contribution in [1.29, 1.82) is 0 Å². The molecule has 1 aromatic carbocycles. The van der Waals surface area contributed by atoms with Gasteiger partial charge in [-0.2, -0.15) is 13.2 Å². The lowest BCUT2D eigenvalue weighted by Crippen LogP contribution is -2.08. The summed E-state index contributed by atoms with van der Waals surface area (Å²) < 4.78 is 38.2. The molecule has 7 heteroatoms. The molecule has 3 rings (SSSR count). The fourth-order valence-corrected chi connectivity index (χ4v) is 3.55. The maximum atomic E-state index is 12.7. The Kier molecular flexibility index (Phi) is 3.24. The summed E-state index contributed by atoms with van der Waals surface area (Å²) in [5, 5.41) is 9.55. The fourth-order valence-electron chi connectivity index (χ4n) is 2.42. The zero-order valence-corrected chi connectivity index (χ0v) is 11.5. The second-order valence-corrected chi connectivity index (χ2v) is 5.92. The molecule has 0 radical (unpaired) electrons. The molecule has 3 nitrogen and oxygen atoms in total. The molecule has 0 fully saturated rings. The summed E-state index contributed by atoms with van der Waals surface area (Å²) in [6.07, 6.45) is -3.28. The van der Waals surface area contributed by atoms with Gasteiger partial charge in [0, 0.05) is 10.4 Å². The number of fused-ring (bicyclic) bond motifs is 1. The number of hydrogen-bond donors (Lipinski definition) is 1. The largest absolute Gasteiger partial charge is 0.481 e. The average Bonchev–Trinajstić information content (AvgIpc) is 2.96. The van der Waals surface area contributed by atoms with Crippen LogP contribution in [0.4, 0.5) is 13.2 Å². The Morgan fingerprint density at radius 2 is 2.14 bits per heavy atom. The van der Waals surface area contributed by atoms with Crippen LogP contribution in [-0.2, 0) is 17.4 Å². The van der Waals surface area contributed by atoms with E-state index in [1.54, 1.807) is 6.07 Å². The molecule has 2 aromatic rings. The average molecular weight is 313 g/mol. The molecule has 21 heavy (non-hydrogen) atoms. The van der Waals surface area contributed by atoms with Crippen LogP contribution in [-0.4, -0.2) is 16.1 Å². The van der Waals surface area contributed by atoms with Crippen molar-refractivity contribution in [3.8, 4) is 10.6 Å². The Morgan fingerprint density at radius 3 is 2.81 bits per heavy atom. The third kappa shape index (κ3) is 2.53. The molecule has 110 valence electrons. The zero-order chi connectivity index (χ0) is 15.2. The van der Waals surface area contributed by atoms with Crippen molar-refractivity contribution in [2.24, 2.45) is 0 Å². The molecule has 1 aliphatic carbocycles. The van der Waals surface area contributed by atoms with Crippen molar-refractivity contribution >= 4 is 17.3 Å². The molecular weight excluding hydrogens is 303 g/mol. The molecule has 0 amide bonds. The van der Waals surface area contributed by atoms with E-state index in [2.05, 4.69) is 4.98 Å². The number of aryl methyl sites for hydroxylation is 1. The van der Waals surface area contributed by atoms with Gasteiger partial charge in [0.05, 0.1) is 11.3 Å². The summed E-state index contributed by atoms with van der Waals surface area (Å²) in [4.78, 5) is 16.2. The first kappa shape index (κ1) is 14.1. The van der Waals surface area contributed by atoms with Crippen LogP contribution in [0.15, 0.2) is 24.3 Å². The molecular formula is C14H10F3NO2S. The third-order valence-corrected chi connectivity index (χ3v) is 4.63. The van der Waals surface area contributed by atoms with Crippen LogP contribution in [0.5, 0.6) is 0 Å². The summed E-state index contributed by atoms with van der Waals surface area (Å²) >= 11 is 1.27. The number of halogens is 3. The smallest absolute Gasteiger partial charge is 0.416 e.